The fourth-order valence-electron chi connectivity index (χ4n) is 5.76. The van der Waals surface area contributed by atoms with Crippen molar-refractivity contribution >= 4 is 22.4 Å². The van der Waals surface area contributed by atoms with Gasteiger partial charge in [-0.05, 0) is 30.4 Å². The number of hydrogen-bond acceptors (Lipinski definition) is 7. The molecule has 6 rings (SSSR count). The fraction of sp³-hybridized carbons (Fsp3) is 0.500. The molecule has 0 atom stereocenters. The molecule has 2 aliphatic heterocycles. The molecule has 0 aromatic carbocycles. The summed E-state index contributed by atoms with van der Waals surface area (Å²) in [6.07, 6.45) is 7.17. The second kappa shape index (κ2) is 9.33. The van der Waals surface area contributed by atoms with Gasteiger partial charge in [0.05, 0.1) is 37.7 Å². The number of nitrogens with one attached hydrogen (secondary N) is 1. The lowest BCUT2D eigenvalue weighted by Crippen LogP contribution is -2.49. The number of anilines is 1. The maximum Gasteiger partial charge on any atom is 0.197 e. The van der Waals surface area contributed by atoms with Gasteiger partial charge in [0.1, 0.15) is 6.33 Å². The number of methoxy groups -OCH3 is 1. The zero-order valence-electron chi connectivity index (χ0n) is 21.0. The van der Waals surface area contributed by atoms with Gasteiger partial charge >= 0.3 is 0 Å². The molecule has 10 heteroatoms. The third kappa shape index (κ3) is 3.88. The van der Waals surface area contributed by atoms with Crippen LogP contribution in [0.3, 0.4) is 0 Å². The summed E-state index contributed by atoms with van der Waals surface area (Å²) in [6, 6.07) is 2.45. The molecule has 0 radical (unpaired) electrons. The first kappa shape index (κ1) is 23.2. The molecule has 0 unspecified atom stereocenters. The Kier molecular flexibility index (Phi) is 6.00. The zero-order chi connectivity index (χ0) is 24.8. The lowest BCUT2D eigenvalue weighted by Gasteiger charge is -2.40. The van der Waals surface area contributed by atoms with Gasteiger partial charge in [-0.3, -0.25) is 4.90 Å². The molecule has 9 nitrogen and oxygen atoms in total. The van der Waals surface area contributed by atoms with E-state index in [9.17, 15) is 0 Å². The van der Waals surface area contributed by atoms with Gasteiger partial charge in [0, 0.05) is 49.4 Å². The summed E-state index contributed by atoms with van der Waals surface area (Å²) in [6.45, 7) is 9.34. The summed E-state index contributed by atoms with van der Waals surface area (Å²) >= 11 is 0. The highest BCUT2D eigenvalue weighted by Crippen LogP contribution is 2.40. The van der Waals surface area contributed by atoms with Gasteiger partial charge in [0.2, 0.25) is 0 Å². The molecule has 4 aromatic heterocycles. The van der Waals surface area contributed by atoms with Gasteiger partial charge in [-0.15, -0.1) is 0 Å². The Morgan fingerprint density at radius 2 is 1.92 bits per heavy atom. The Hall–Kier alpha value is -3.24. The predicted octanol–water partition coefficient (Wildman–Crippen LogP) is 3.84. The van der Waals surface area contributed by atoms with Crippen LogP contribution in [0, 0.1) is 5.82 Å². The molecule has 4 aromatic rings. The van der Waals surface area contributed by atoms with Crippen LogP contribution in [0.25, 0.3) is 27.8 Å². The third-order valence-electron chi connectivity index (χ3n) is 7.55. The Balaban J connectivity index is 1.36. The van der Waals surface area contributed by atoms with Crippen LogP contribution in [-0.4, -0.2) is 82.0 Å². The summed E-state index contributed by atoms with van der Waals surface area (Å²) in [5.74, 6) is 0.890. The number of pyridine rings is 2. The van der Waals surface area contributed by atoms with Crippen molar-refractivity contribution in [1.82, 2.24) is 29.5 Å². The van der Waals surface area contributed by atoms with Crippen LogP contribution < -0.4 is 9.64 Å². The minimum atomic E-state index is -0.252. The van der Waals surface area contributed by atoms with E-state index >= 15 is 4.39 Å². The van der Waals surface area contributed by atoms with Crippen LogP contribution in [0.5, 0.6) is 5.75 Å². The largest absolute Gasteiger partial charge is 0.493 e. The number of ether oxygens (including phenoxy) is 2. The highest BCUT2D eigenvalue weighted by atomic mass is 19.1. The van der Waals surface area contributed by atoms with E-state index in [-0.39, 0.29) is 11.7 Å². The van der Waals surface area contributed by atoms with Crippen molar-refractivity contribution in [3.05, 3.63) is 36.2 Å². The van der Waals surface area contributed by atoms with Gasteiger partial charge in [-0.25, -0.2) is 18.9 Å². The Labute approximate surface area is 209 Å². The molecule has 0 aliphatic carbocycles. The van der Waals surface area contributed by atoms with Gasteiger partial charge < -0.3 is 19.4 Å². The number of aromatic nitrogens is 5. The van der Waals surface area contributed by atoms with Crippen LogP contribution in [-0.2, 0) is 4.74 Å². The second-order valence-electron chi connectivity index (χ2n) is 9.94. The number of aromatic amines is 1. The van der Waals surface area contributed by atoms with Crippen molar-refractivity contribution in [2.45, 2.75) is 38.6 Å². The number of rotatable bonds is 5. The summed E-state index contributed by atoms with van der Waals surface area (Å²) < 4.78 is 28.9. The fourth-order valence-corrected chi connectivity index (χ4v) is 5.76. The van der Waals surface area contributed by atoms with Crippen molar-refractivity contribution in [2.75, 3.05) is 51.4 Å². The van der Waals surface area contributed by atoms with Crippen LogP contribution in [0.4, 0.5) is 10.2 Å². The maximum absolute atomic E-state index is 16.2. The quantitative estimate of drug-likeness (QED) is 0.452. The molecule has 6 heterocycles. The number of H-pyrrole nitrogens is 1. The lowest BCUT2D eigenvalue weighted by molar-refractivity contribution is 0.0114. The highest BCUT2D eigenvalue weighted by molar-refractivity contribution is 5.93. The van der Waals surface area contributed by atoms with E-state index in [2.05, 4.69) is 43.7 Å². The summed E-state index contributed by atoms with van der Waals surface area (Å²) in [4.78, 5) is 16.9. The van der Waals surface area contributed by atoms with Crippen molar-refractivity contribution in [3.8, 4) is 17.0 Å². The lowest BCUT2D eigenvalue weighted by atomic mass is 9.96. The molecule has 0 bridgehead atoms. The predicted molar refractivity (Wildman–Crippen MR) is 136 cm³/mol. The molecular formula is C26H32FN7O2. The average Bonchev–Trinajstić information content (AvgIpc) is 3.54. The molecule has 0 amide bonds. The van der Waals surface area contributed by atoms with Gasteiger partial charge in [-0.1, -0.05) is 13.8 Å². The minimum Gasteiger partial charge on any atom is -0.493 e. The molecular weight excluding hydrogens is 461 g/mol. The smallest absolute Gasteiger partial charge is 0.197 e. The SMILES string of the molecule is COc1cc(-c2[nH]c3cnc(N4CCC(N5CCOCC5)CC4)c(F)c3c2C(C)C)cn2ncnc12. The van der Waals surface area contributed by atoms with E-state index in [0.29, 0.717) is 34.2 Å². The second-order valence-corrected chi connectivity index (χ2v) is 9.94. The normalized spacial score (nSPS) is 18.1. The van der Waals surface area contributed by atoms with Crippen molar-refractivity contribution in [1.29, 1.82) is 0 Å². The number of nitrogens with zero attached hydrogens (tertiary/aromatic N) is 6. The van der Waals surface area contributed by atoms with Crippen molar-refractivity contribution < 1.29 is 13.9 Å². The van der Waals surface area contributed by atoms with E-state index in [4.69, 9.17) is 9.47 Å². The first-order valence-electron chi connectivity index (χ1n) is 12.7. The van der Waals surface area contributed by atoms with Gasteiger partial charge in [-0.2, -0.15) is 5.10 Å². The molecule has 2 saturated heterocycles. The van der Waals surface area contributed by atoms with Gasteiger partial charge in [0.15, 0.2) is 23.0 Å². The Morgan fingerprint density at radius 3 is 2.64 bits per heavy atom. The van der Waals surface area contributed by atoms with E-state index < -0.39 is 0 Å². The van der Waals surface area contributed by atoms with Crippen molar-refractivity contribution in [2.24, 2.45) is 0 Å². The number of fused-ring (bicyclic) bond motifs is 2. The van der Waals surface area contributed by atoms with E-state index in [1.165, 1.54) is 6.33 Å². The third-order valence-corrected chi connectivity index (χ3v) is 7.55. The maximum atomic E-state index is 16.2. The average molecular weight is 494 g/mol. The number of morpholine rings is 1. The first-order chi connectivity index (χ1) is 17.5. The summed E-state index contributed by atoms with van der Waals surface area (Å²) in [5, 5.41) is 4.89. The summed E-state index contributed by atoms with van der Waals surface area (Å²) in [5.41, 5.74) is 3.96. The van der Waals surface area contributed by atoms with Crippen molar-refractivity contribution in [3.63, 3.8) is 0 Å². The van der Waals surface area contributed by atoms with E-state index in [1.54, 1.807) is 17.8 Å². The molecule has 2 fully saturated rings. The zero-order valence-corrected chi connectivity index (χ0v) is 21.0. The van der Waals surface area contributed by atoms with Crippen LogP contribution >= 0.6 is 0 Å². The number of piperidine rings is 1. The molecule has 0 saturated carbocycles. The van der Waals surface area contributed by atoms with Crippen LogP contribution in [0.1, 0.15) is 38.2 Å². The molecule has 36 heavy (non-hydrogen) atoms. The first-order valence-corrected chi connectivity index (χ1v) is 12.7. The Morgan fingerprint density at radius 1 is 1.14 bits per heavy atom. The van der Waals surface area contributed by atoms with Crippen LogP contribution in [0.2, 0.25) is 0 Å². The molecule has 2 aliphatic rings. The summed E-state index contributed by atoms with van der Waals surface area (Å²) in [7, 11) is 1.61. The molecule has 1 N–H and O–H groups in total. The Bertz CT molecular complexity index is 1380. The van der Waals surface area contributed by atoms with Gasteiger partial charge in [0.25, 0.3) is 0 Å². The molecule has 190 valence electrons. The monoisotopic (exact) mass is 493 g/mol. The highest BCUT2D eigenvalue weighted by Gasteiger charge is 2.29. The van der Waals surface area contributed by atoms with E-state index in [0.717, 1.165) is 69.1 Å². The molecule has 0 spiro atoms. The topological polar surface area (TPSA) is 83.8 Å². The minimum absolute atomic E-state index is 0.0861. The van der Waals surface area contributed by atoms with Crippen LogP contribution in [0.15, 0.2) is 24.8 Å². The number of halogens is 1. The number of hydrogen-bond donors (Lipinski definition) is 1. The van der Waals surface area contributed by atoms with E-state index in [1.807, 2.05) is 12.3 Å². The standard InChI is InChI=1S/C26H32FN7O2/c1-16(2)21-22-19(31-24(21)17-12-20(35-3)25-29-15-30-34(25)14-17)13-28-26(23(22)27)33-6-4-18(5-7-33)32-8-10-36-11-9-32/h12-16,18,31H,4-11H2,1-3H3.